The van der Waals surface area contributed by atoms with Crippen LogP contribution in [0.15, 0.2) is 97.6 Å². The Labute approximate surface area is 178 Å². The molecule has 2 heterocycles. The van der Waals surface area contributed by atoms with E-state index >= 15 is 0 Å². The van der Waals surface area contributed by atoms with E-state index in [0.29, 0.717) is 0 Å². The molecule has 0 fully saturated rings. The Morgan fingerprint density at radius 1 is 0.700 bits per heavy atom. The average Bonchev–Trinajstić information content (AvgIpc) is 2.81. The maximum absolute atomic E-state index is 4.35. The van der Waals surface area contributed by atoms with Crippen LogP contribution in [0.4, 0.5) is 17.1 Å². The number of aromatic nitrogens is 2. The van der Waals surface area contributed by atoms with E-state index < -0.39 is 0 Å². The van der Waals surface area contributed by atoms with Crippen molar-refractivity contribution < 1.29 is 0 Å². The Balaban J connectivity index is 1.82. The molecule has 30 heavy (non-hydrogen) atoms. The summed E-state index contributed by atoms with van der Waals surface area (Å²) in [6.45, 7) is 2.23. The van der Waals surface area contributed by atoms with Gasteiger partial charge in [-0.25, -0.2) is 0 Å². The van der Waals surface area contributed by atoms with Crippen molar-refractivity contribution in [2.75, 3.05) is 23.9 Å². The van der Waals surface area contributed by atoms with Crippen molar-refractivity contribution in [2.24, 2.45) is 0 Å². The average molecular weight is 395 g/mol. The number of pyridine rings is 2. The van der Waals surface area contributed by atoms with Gasteiger partial charge in [0, 0.05) is 32.2 Å². The molecule has 0 saturated heterocycles. The third-order valence-electron chi connectivity index (χ3n) is 5.32. The molecule has 0 amide bonds. The van der Waals surface area contributed by atoms with E-state index in [0.717, 1.165) is 11.4 Å². The second-order valence-electron chi connectivity index (χ2n) is 7.50. The lowest BCUT2D eigenvalue weighted by atomic mass is 9.94. The Morgan fingerprint density at radius 3 is 1.93 bits per heavy atom. The molecular weight excluding hydrogens is 368 g/mol. The van der Waals surface area contributed by atoms with Crippen molar-refractivity contribution in [1.29, 1.82) is 0 Å². The topological polar surface area (TPSA) is 32.3 Å². The van der Waals surface area contributed by atoms with Gasteiger partial charge < -0.3 is 9.80 Å². The van der Waals surface area contributed by atoms with Crippen LogP contribution in [0.3, 0.4) is 0 Å². The molecule has 0 aliphatic rings. The highest BCUT2D eigenvalue weighted by molar-refractivity contribution is 5.74. The van der Waals surface area contributed by atoms with E-state index in [-0.39, 0.29) is 6.04 Å². The van der Waals surface area contributed by atoms with Gasteiger partial charge in [-0.2, -0.15) is 0 Å². The number of hydrogen-bond donors (Lipinski definition) is 0. The van der Waals surface area contributed by atoms with E-state index in [1.165, 1.54) is 22.4 Å². The van der Waals surface area contributed by atoms with Crippen LogP contribution in [0.2, 0.25) is 0 Å². The molecule has 4 nitrogen and oxygen atoms in total. The fraction of sp³-hybridized carbons (Fsp3) is 0.154. The first-order valence-corrected chi connectivity index (χ1v) is 10.1. The zero-order chi connectivity index (χ0) is 20.9. The molecule has 2 aromatic heterocycles. The molecule has 4 rings (SSSR count). The zero-order valence-corrected chi connectivity index (χ0v) is 17.6. The van der Waals surface area contributed by atoms with Crippen molar-refractivity contribution in [2.45, 2.75) is 13.0 Å². The quantitative estimate of drug-likeness (QED) is 0.395. The van der Waals surface area contributed by atoms with Gasteiger partial charge in [0.25, 0.3) is 0 Å². The Hall–Kier alpha value is -3.66. The Kier molecular flexibility index (Phi) is 5.75. The minimum atomic E-state index is 0.0811. The third kappa shape index (κ3) is 4.03. The summed E-state index contributed by atoms with van der Waals surface area (Å²) < 4.78 is 0. The van der Waals surface area contributed by atoms with Crippen molar-refractivity contribution in [1.82, 2.24) is 9.97 Å². The van der Waals surface area contributed by atoms with Gasteiger partial charge in [0.2, 0.25) is 0 Å². The summed E-state index contributed by atoms with van der Waals surface area (Å²) in [4.78, 5) is 13.1. The minimum absolute atomic E-state index is 0.0811. The molecule has 1 unspecified atom stereocenters. The van der Waals surface area contributed by atoms with Gasteiger partial charge in [0.15, 0.2) is 0 Å². The van der Waals surface area contributed by atoms with Gasteiger partial charge >= 0.3 is 0 Å². The first kappa shape index (κ1) is 19.6. The summed E-state index contributed by atoms with van der Waals surface area (Å²) in [7, 11) is 4.14. The van der Waals surface area contributed by atoms with E-state index in [9.17, 15) is 0 Å². The first-order chi connectivity index (χ1) is 14.6. The molecule has 2 aromatic carbocycles. The van der Waals surface area contributed by atoms with Crippen LogP contribution in [0.25, 0.3) is 11.1 Å². The third-order valence-corrected chi connectivity index (χ3v) is 5.32. The lowest BCUT2D eigenvalue weighted by Gasteiger charge is -2.32. The van der Waals surface area contributed by atoms with E-state index in [1.807, 2.05) is 24.5 Å². The summed E-state index contributed by atoms with van der Waals surface area (Å²) in [6, 6.07) is 25.5. The van der Waals surface area contributed by atoms with Crippen LogP contribution in [0, 0.1) is 0 Å². The number of anilines is 3. The molecule has 0 aliphatic heterocycles. The van der Waals surface area contributed by atoms with Gasteiger partial charge in [-0.1, -0.05) is 36.4 Å². The van der Waals surface area contributed by atoms with Crippen molar-refractivity contribution in [3.63, 3.8) is 0 Å². The van der Waals surface area contributed by atoms with Gasteiger partial charge in [-0.15, -0.1) is 0 Å². The predicted octanol–water partition coefficient (Wildman–Crippen LogP) is 6.11. The van der Waals surface area contributed by atoms with Crippen LogP contribution >= 0.6 is 0 Å². The van der Waals surface area contributed by atoms with Crippen molar-refractivity contribution in [3.8, 4) is 11.1 Å². The second kappa shape index (κ2) is 8.78. The number of nitrogens with zero attached hydrogens (tertiary/aromatic N) is 4. The van der Waals surface area contributed by atoms with Gasteiger partial charge in [-0.05, 0) is 60.0 Å². The summed E-state index contributed by atoms with van der Waals surface area (Å²) in [5, 5.41) is 0. The number of hydrogen-bond acceptors (Lipinski definition) is 4. The lowest BCUT2D eigenvalue weighted by Crippen LogP contribution is -2.22. The number of benzene rings is 2. The smallest absolute Gasteiger partial charge is 0.0603 e. The van der Waals surface area contributed by atoms with Crippen molar-refractivity contribution in [3.05, 3.63) is 103 Å². The molecule has 0 spiro atoms. The van der Waals surface area contributed by atoms with Crippen LogP contribution in [0.1, 0.15) is 18.5 Å². The van der Waals surface area contributed by atoms with Gasteiger partial charge in [0.05, 0.1) is 29.8 Å². The zero-order valence-electron chi connectivity index (χ0n) is 17.6. The second-order valence-corrected chi connectivity index (χ2v) is 7.50. The summed E-state index contributed by atoms with van der Waals surface area (Å²) in [6.07, 6.45) is 7.41. The van der Waals surface area contributed by atoms with E-state index in [1.54, 1.807) is 12.4 Å². The summed E-state index contributed by atoms with van der Waals surface area (Å²) >= 11 is 0. The summed E-state index contributed by atoms with van der Waals surface area (Å²) in [5.74, 6) is 0. The predicted molar refractivity (Wildman–Crippen MR) is 125 cm³/mol. The molecule has 150 valence electrons. The molecule has 4 aromatic rings. The van der Waals surface area contributed by atoms with E-state index in [2.05, 4.69) is 101 Å². The largest absolute Gasteiger partial charge is 0.378 e. The number of rotatable bonds is 6. The molecule has 1 atom stereocenters. The highest BCUT2D eigenvalue weighted by Gasteiger charge is 2.21. The molecule has 0 N–H and O–H groups in total. The molecule has 0 saturated carbocycles. The molecular formula is C26H26N4. The minimum Gasteiger partial charge on any atom is -0.378 e. The van der Waals surface area contributed by atoms with Crippen LogP contribution < -0.4 is 9.80 Å². The maximum Gasteiger partial charge on any atom is 0.0603 e. The SMILES string of the molecule is CC(c1ccccc1-c1cccc(N(C)C)c1)N(c1cccnc1)c1cccnc1. The molecule has 0 aliphatic carbocycles. The highest BCUT2D eigenvalue weighted by atomic mass is 15.2. The normalized spacial score (nSPS) is 11.7. The standard InChI is InChI=1S/C26H26N4/c1-20(30(23-11-7-15-27-18-23)24-12-8-16-28-19-24)25-13-4-5-14-26(25)21-9-6-10-22(17-21)29(2)3/h4-20H,1-3H3. The molecule has 0 bridgehead atoms. The summed E-state index contributed by atoms with van der Waals surface area (Å²) in [5.41, 5.74) is 6.95. The maximum atomic E-state index is 4.35. The monoisotopic (exact) mass is 394 g/mol. The highest BCUT2D eigenvalue weighted by Crippen LogP contribution is 2.38. The fourth-order valence-electron chi connectivity index (χ4n) is 3.80. The molecule has 4 heteroatoms. The van der Waals surface area contributed by atoms with Gasteiger partial charge in [0.1, 0.15) is 0 Å². The van der Waals surface area contributed by atoms with Crippen molar-refractivity contribution >= 4 is 17.1 Å². The Bertz CT molecular complexity index is 1050. The Morgan fingerprint density at radius 2 is 1.33 bits per heavy atom. The van der Waals surface area contributed by atoms with E-state index in [4.69, 9.17) is 0 Å². The fourth-order valence-corrected chi connectivity index (χ4v) is 3.80. The van der Waals surface area contributed by atoms with Crippen LogP contribution in [-0.2, 0) is 0 Å². The molecule has 0 radical (unpaired) electrons. The van der Waals surface area contributed by atoms with Crippen LogP contribution in [0.5, 0.6) is 0 Å². The lowest BCUT2D eigenvalue weighted by molar-refractivity contribution is 0.772. The van der Waals surface area contributed by atoms with Crippen LogP contribution in [-0.4, -0.2) is 24.1 Å². The first-order valence-electron chi connectivity index (χ1n) is 10.1. The van der Waals surface area contributed by atoms with Gasteiger partial charge in [-0.3, -0.25) is 9.97 Å².